The summed E-state index contributed by atoms with van der Waals surface area (Å²) < 4.78 is 27.3. The number of hydrogen-bond acceptors (Lipinski definition) is 4. The van der Waals surface area contributed by atoms with Gasteiger partial charge in [0.2, 0.25) is 5.91 Å². The second-order valence-electron chi connectivity index (χ2n) is 5.83. The zero-order valence-corrected chi connectivity index (χ0v) is 16.2. The topological polar surface area (TPSA) is 75.3 Å². The Morgan fingerprint density at radius 2 is 1.63 bits per heavy atom. The van der Waals surface area contributed by atoms with Crippen molar-refractivity contribution in [3.63, 3.8) is 0 Å². The minimum absolute atomic E-state index is 0.198. The summed E-state index contributed by atoms with van der Waals surface area (Å²) in [6, 6.07) is 16.9. The lowest BCUT2D eigenvalue weighted by Gasteiger charge is -2.09. The molecule has 5 nitrogen and oxygen atoms in total. The second-order valence-corrected chi connectivity index (χ2v) is 8.50. The maximum absolute atomic E-state index is 12.4. The highest BCUT2D eigenvalue weighted by atomic mass is 32.2. The molecule has 0 saturated carbocycles. The van der Waals surface area contributed by atoms with Crippen LogP contribution in [0.5, 0.6) is 0 Å². The van der Waals surface area contributed by atoms with E-state index in [0.29, 0.717) is 11.4 Å². The van der Waals surface area contributed by atoms with Gasteiger partial charge in [-0.25, -0.2) is 8.42 Å². The minimum atomic E-state index is -3.65. The standard InChI is InChI=1S/C20H18N2O3S2/c1-15-4-11-19(12-5-15)27(24,25)22-17-8-6-16(7-9-17)21-20(23)13-10-18-3-2-14-26-18/h2-14,22H,1H3,(H,21,23). The van der Waals surface area contributed by atoms with E-state index in [9.17, 15) is 13.2 Å². The average molecular weight is 399 g/mol. The van der Waals surface area contributed by atoms with Gasteiger partial charge in [0.1, 0.15) is 0 Å². The lowest BCUT2D eigenvalue weighted by Crippen LogP contribution is -2.13. The SMILES string of the molecule is Cc1ccc(S(=O)(=O)Nc2ccc(NC(=O)C=Cc3cccs3)cc2)cc1. The highest BCUT2D eigenvalue weighted by Gasteiger charge is 2.13. The number of hydrogen-bond donors (Lipinski definition) is 2. The third-order valence-electron chi connectivity index (χ3n) is 3.68. The number of rotatable bonds is 6. The molecule has 1 aromatic heterocycles. The van der Waals surface area contributed by atoms with Crippen molar-refractivity contribution in [3.05, 3.63) is 82.6 Å². The van der Waals surface area contributed by atoms with Crippen molar-refractivity contribution in [2.24, 2.45) is 0 Å². The van der Waals surface area contributed by atoms with E-state index in [-0.39, 0.29) is 10.8 Å². The normalized spacial score (nSPS) is 11.4. The summed E-state index contributed by atoms with van der Waals surface area (Å²) in [5.74, 6) is -0.253. The maximum Gasteiger partial charge on any atom is 0.261 e. The number of thiophene rings is 1. The van der Waals surface area contributed by atoms with Gasteiger partial charge in [-0.05, 0) is 60.8 Å². The maximum atomic E-state index is 12.4. The van der Waals surface area contributed by atoms with Crippen LogP contribution >= 0.6 is 11.3 Å². The average Bonchev–Trinajstić information content (AvgIpc) is 3.15. The van der Waals surface area contributed by atoms with Crippen LogP contribution < -0.4 is 10.0 Å². The zero-order chi connectivity index (χ0) is 19.3. The molecule has 2 aromatic carbocycles. The first kappa shape index (κ1) is 18.9. The van der Waals surface area contributed by atoms with Crippen molar-refractivity contribution in [2.75, 3.05) is 10.0 Å². The van der Waals surface area contributed by atoms with Crippen LogP contribution in [0.4, 0.5) is 11.4 Å². The molecule has 2 N–H and O–H groups in total. The minimum Gasteiger partial charge on any atom is -0.323 e. The Morgan fingerprint density at radius 3 is 2.26 bits per heavy atom. The molecule has 0 atom stereocenters. The number of benzene rings is 2. The van der Waals surface area contributed by atoms with E-state index in [1.807, 2.05) is 24.4 Å². The first-order valence-electron chi connectivity index (χ1n) is 8.14. The van der Waals surface area contributed by atoms with Gasteiger partial charge >= 0.3 is 0 Å². The summed E-state index contributed by atoms with van der Waals surface area (Å²) >= 11 is 1.55. The lowest BCUT2D eigenvalue weighted by molar-refractivity contribution is -0.111. The van der Waals surface area contributed by atoms with Gasteiger partial charge in [0, 0.05) is 22.3 Å². The van der Waals surface area contributed by atoms with Crippen molar-refractivity contribution in [2.45, 2.75) is 11.8 Å². The van der Waals surface area contributed by atoms with Gasteiger partial charge in [0.15, 0.2) is 0 Å². The van der Waals surface area contributed by atoms with Crippen LogP contribution in [0.15, 0.2) is 77.0 Å². The van der Waals surface area contributed by atoms with Crippen LogP contribution in [-0.4, -0.2) is 14.3 Å². The van der Waals surface area contributed by atoms with Gasteiger partial charge < -0.3 is 5.32 Å². The summed E-state index contributed by atoms with van der Waals surface area (Å²) in [5.41, 5.74) is 1.99. The van der Waals surface area contributed by atoms with Gasteiger partial charge in [-0.1, -0.05) is 23.8 Å². The number of amides is 1. The molecule has 0 saturated heterocycles. The van der Waals surface area contributed by atoms with Crippen LogP contribution in [0.2, 0.25) is 0 Å². The van der Waals surface area contributed by atoms with Crippen molar-refractivity contribution >= 4 is 44.7 Å². The van der Waals surface area contributed by atoms with Gasteiger partial charge in [-0.2, -0.15) is 0 Å². The van der Waals surface area contributed by atoms with Crippen molar-refractivity contribution in [1.29, 1.82) is 0 Å². The lowest BCUT2D eigenvalue weighted by atomic mass is 10.2. The van der Waals surface area contributed by atoms with E-state index in [2.05, 4.69) is 10.0 Å². The Morgan fingerprint density at radius 1 is 0.963 bits per heavy atom. The summed E-state index contributed by atoms with van der Waals surface area (Å²) in [5, 5.41) is 4.67. The Hall–Kier alpha value is -2.90. The van der Waals surface area contributed by atoms with E-state index >= 15 is 0 Å². The van der Waals surface area contributed by atoms with E-state index in [1.165, 1.54) is 6.08 Å². The second kappa shape index (κ2) is 8.20. The summed E-state index contributed by atoms with van der Waals surface area (Å²) in [7, 11) is -3.65. The number of carbonyl (C=O) groups is 1. The van der Waals surface area contributed by atoms with Crippen LogP contribution in [0.1, 0.15) is 10.4 Å². The third-order valence-corrected chi connectivity index (χ3v) is 5.91. The summed E-state index contributed by atoms with van der Waals surface area (Å²) in [6.07, 6.45) is 3.20. The van der Waals surface area contributed by atoms with Crippen LogP contribution in [0.25, 0.3) is 6.08 Å². The molecule has 0 spiro atoms. The monoisotopic (exact) mass is 398 g/mol. The molecular formula is C20H18N2O3S2. The fraction of sp³-hybridized carbons (Fsp3) is 0.0500. The molecule has 0 radical (unpaired) electrons. The molecule has 7 heteroatoms. The number of aryl methyl sites for hydroxylation is 1. The fourth-order valence-electron chi connectivity index (χ4n) is 2.28. The highest BCUT2D eigenvalue weighted by molar-refractivity contribution is 7.92. The summed E-state index contributed by atoms with van der Waals surface area (Å²) in [6.45, 7) is 1.90. The number of carbonyl (C=O) groups excluding carboxylic acids is 1. The largest absolute Gasteiger partial charge is 0.323 e. The molecule has 1 amide bonds. The fourth-order valence-corrected chi connectivity index (χ4v) is 3.96. The van der Waals surface area contributed by atoms with Gasteiger partial charge in [-0.3, -0.25) is 9.52 Å². The van der Waals surface area contributed by atoms with Gasteiger partial charge in [0.05, 0.1) is 4.90 Å². The van der Waals surface area contributed by atoms with Crippen molar-refractivity contribution in [1.82, 2.24) is 0 Å². The smallest absolute Gasteiger partial charge is 0.261 e. The van der Waals surface area contributed by atoms with Crippen LogP contribution in [0.3, 0.4) is 0 Å². The number of nitrogens with one attached hydrogen (secondary N) is 2. The Labute approximate surface area is 162 Å². The van der Waals surface area contributed by atoms with E-state index in [0.717, 1.165) is 10.4 Å². The number of sulfonamides is 1. The number of anilines is 2. The molecule has 0 unspecified atom stereocenters. The van der Waals surface area contributed by atoms with Crippen molar-refractivity contribution in [3.8, 4) is 0 Å². The Kier molecular flexibility index (Phi) is 5.73. The van der Waals surface area contributed by atoms with Gasteiger partial charge in [-0.15, -0.1) is 11.3 Å². The first-order chi connectivity index (χ1) is 12.9. The first-order valence-corrected chi connectivity index (χ1v) is 10.5. The molecule has 138 valence electrons. The molecule has 1 heterocycles. The van der Waals surface area contributed by atoms with Gasteiger partial charge in [0.25, 0.3) is 10.0 Å². The molecule has 0 aliphatic rings. The van der Waals surface area contributed by atoms with E-state index in [4.69, 9.17) is 0 Å². The molecular weight excluding hydrogens is 380 g/mol. The van der Waals surface area contributed by atoms with E-state index in [1.54, 1.807) is 65.9 Å². The molecule has 3 rings (SSSR count). The third kappa shape index (κ3) is 5.29. The van der Waals surface area contributed by atoms with E-state index < -0.39 is 10.0 Å². The zero-order valence-electron chi connectivity index (χ0n) is 14.5. The molecule has 0 aliphatic carbocycles. The summed E-state index contributed by atoms with van der Waals surface area (Å²) in [4.78, 5) is 13.1. The van der Waals surface area contributed by atoms with Crippen LogP contribution in [0, 0.1) is 6.92 Å². The molecule has 0 aliphatic heterocycles. The predicted octanol–water partition coefficient (Wildman–Crippen LogP) is 4.51. The molecule has 3 aromatic rings. The van der Waals surface area contributed by atoms with Crippen LogP contribution in [-0.2, 0) is 14.8 Å². The predicted molar refractivity (Wildman–Crippen MR) is 110 cm³/mol. The molecule has 0 fully saturated rings. The Bertz CT molecular complexity index is 1040. The molecule has 27 heavy (non-hydrogen) atoms. The quantitative estimate of drug-likeness (QED) is 0.600. The van der Waals surface area contributed by atoms with Crippen molar-refractivity contribution < 1.29 is 13.2 Å². The Balaban J connectivity index is 1.63. The highest BCUT2D eigenvalue weighted by Crippen LogP contribution is 2.19. The molecule has 0 bridgehead atoms.